The van der Waals surface area contributed by atoms with E-state index in [1.807, 2.05) is 13.0 Å². The Hall–Kier alpha value is -1.41. The molecule has 7 heteroatoms. The molecule has 0 spiro atoms. The molecule has 0 unspecified atom stereocenters. The Kier molecular flexibility index (Phi) is 4.96. The van der Waals surface area contributed by atoms with Crippen molar-refractivity contribution in [3.05, 3.63) is 40.4 Å². The summed E-state index contributed by atoms with van der Waals surface area (Å²) in [5.41, 5.74) is 2.45. The Bertz CT molecular complexity index is 771. The van der Waals surface area contributed by atoms with Crippen molar-refractivity contribution in [1.29, 1.82) is 0 Å². The number of aliphatic hydroxyl groups excluding tert-OH is 2. The number of hydrogen-bond donors (Lipinski definition) is 2. The van der Waals surface area contributed by atoms with Gasteiger partial charge in [-0.1, -0.05) is 5.57 Å². The van der Waals surface area contributed by atoms with E-state index in [4.69, 9.17) is 14.3 Å². The number of sulfone groups is 1. The van der Waals surface area contributed by atoms with Crippen LogP contribution in [0.5, 0.6) is 0 Å². The molecule has 0 aromatic carbocycles. The van der Waals surface area contributed by atoms with Crippen molar-refractivity contribution in [3.63, 3.8) is 0 Å². The van der Waals surface area contributed by atoms with E-state index in [-0.39, 0.29) is 31.7 Å². The van der Waals surface area contributed by atoms with Crippen LogP contribution in [0.25, 0.3) is 6.08 Å². The van der Waals surface area contributed by atoms with E-state index < -0.39 is 15.1 Å². The van der Waals surface area contributed by atoms with E-state index in [2.05, 4.69) is 0 Å². The summed E-state index contributed by atoms with van der Waals surface area (Å²) in [6, 6.07) is 3.53. The van der Waals surface area contributed by atoms with Gasteiger partial charge in [0.25, 0.3) is 0 Å². The van der Waals surface area contributed by atoms with Gasteiger partial charge in [-0.25, -0.2) is 8.42 Å². The SMILES string of the molecule is C/C(=C\c1ccc(CO)o1)CC[C@H]1OC[C@H]2C1=C(CO)CS2(=O)=O. The minimum Gasteiger partial charge on any atom is -0.459 e. The first-order valence-corrected chi connectivity index (χ1v) is 9.68. The Labute approximate surface area is 141 Å². The molecule has 0 amide bonds. The molecule has 0 aliphatic carbocycles. The lowest BCUT2D eigenvalue weighted by molar-refractivity contribution is 0.117. The van der Waals surface area contributed by atoms with Gasteiger partial charge < -0.3 is 19.4 Å². The van der Waals surface area contributed by atoms with Crippen molar-refractivity contribution in [2.24, 2.45) is 0 Å². The highest BCUT2D eigenvalue weighted by molar-refractivity contribution is 7.92. The van der Waals surface area contributed by atoms with Crippen molar-refractivity contribution < 1.29 is 27.8 Å². The highest BCUT2D eigenvalue weighted by Crippen LogP contribution is 2.38. The maximum atomic E-state index is 12.1. The molecule has 1 saturated heterocycles. The molecule has 3 rings (SSSR count). The van der Waals surface area contributed by atoms with E-state index in [1.54, 1.807) is 12.1 Å². The molecular weight excluding hydrogens is 332 g/mol. The lowest BCUT2D eigenvalue weighted by Gasteiger charge is -2.13. The quantitative estimate of drug-likeness (QED) is 0.751. The molecule has 132 valence electrons. The van der Waals surface area contributed by atoms with Gasteiger partial charge in [0, 0.05) is 0 Å². The van der Waals surface area contributed by atoms with Crippen LogP contribution in [-0.4, -0.2) is 49.0 Å². The van der Waals surface area contributed by atoms with Crippen molar-refractivity contribution in [3.8, 4) is 0 Å². The summed E-state index contributed by atoms with van der Waals surface area (Å²) in [5.74, 6) is 1.15. The van der Waals surface area contributed by atoms with Gasteiger partial charge in [-0.05, 0) is 49.1 Å². The summed E-state index contributed by atoms with van der Waals surface area (Å²) in [5, 5.41) is 17.9. The summed E-state index contributed by atoms with van der Waals surface area (Å²) in [4.78, 5) is 0. The van der Waals surface area contributed by atoms with Gasteiger partial charge in [-0.2, -0.15) is 0 Å². The first-order chi connectivity index (χ1) is 11.4. The van der Waals surface area contributed by atoms with Crippen LogP contribution in [0.1, 0.15) is 31.3 Å². The van der Waals surface area contributed by atoms with E-state index in [1.165, 1.54) is 0 Å². The number of rotatable bonds is 6. The lowest BCUT2D eigenvalue weighted by atomic mass is 9.98. The van der Waals surface area contributed by atoms with Gasteiger partial charge in [0.2, 0.25) is 0 Å². The van der Waals surface area contributed by atoms with Gasteiger partial charge in [-0.15, -0.1) is 0 Å². The fourth-order valence-corrected chi connectivity index (χ4v) is 5.31. The largest absolute Gasteiger partial charge is 0.459 e. The zero-order chi connectivity index (χ0) is 17.3. The summed E-state index contributed by atoms with van der Waals surface area (Å²) < 4.78 is 35.3. The molecule has 0 saturated carbocycles. The summed E-state index contributed by atoms with van der Waals surface area (Å²) >= 11 is 0. The van der Waals surface area contributed by atoms with Gasteiger partial charge >= 0.3 is 0 Å². The van der Waals surface area contributed by atoms with Crippen molar-refractivity contribution >= 4 is 15.9 Å². The van der Waals surface area contributed by atoms with Crippen LogP contribution >= 0.6 is 0 Å². The second kappa shape index (κ2) is 6.84. The molecular formula is C17H22O6S. The van der Waals surface area contributed by atoms with Crippen LogP contribution in [0.2, 0.25) is 0 Å². The summed E-state index contributed by atoms with van der Waals surface area (Å²) in [6.07, 6.45) is 3.05. The molecule has 2 aliphatic rings. The maximum absolute atomic E-state index is 12.1. The standard InChI is InChI=1S/C17H22O6S/c1-11(6-13-3-4-14(8-19)23-13)2-5-15-17-12(7-18)10-24(20,21)16(17)9-22-15/h3-4,6,15-16,18-19H,2,5,7-10H2,1H3/b11-6+/t15-,16+/m1/s1. The summed E-state index contributed by atoms with van der Waals surface area (Å²) in [6.45, 7) is 1.81. The molecule has 2 aliphatic heterocycles. The zero-order valence-corrected chi connectivity index (χ0v) is 14.4. The average molecular weight is 354 g/mol. The Morgan fingerprint density at radius 3 is 2.79 bits per heavy atom. The van der Waals surface area contributed by atoms with E-state index in [0.29, 0.717) is 23.5 Å². The van der Waals surface area contributed by atoms with E-state index in [0.717, 1.165) is 17.6 Å². The lowest BCUT2D eigenvalue weighted by Crippen LogP contribution is -2.19. The highest BCUT2D eigenvalue weighted by Gasteiger charge is 2.46. The van der Waals surface area contributed by atoms with Crippen LogP contribution in [0.4, 0.5) is 0 Å². The molecule has 1 fully saturated rings. The topological polar surface area (TPSA) is 97.0 Å². The summed E-state index contributed by atoms with van der Waals surface area (Å²) in [7, 11) is -3.22. The smallest absolute Gasteiger partial charge is 0.163 e. The van der Waals surface area contributed by atoms with Gasteiger partial charge in [0.05, 0.1) is 25.1 Å². The molecule has 0 bridgehead atoms. The second-order valence-electron chi connectivity index (χ2n) is 6.33. The molecule has 2 atom stereocenters. The Morgan fingerprint density at radius 2 is 2.12 bits per heavy atom. The van der Waals surface area contributed by atoms with E-state index >= 15 is 0 Å². The third kappa shape index (κ3) is 3.35. The van der Waals surface area contributed by atoms with Gasteiger partial charge in [0.15, 0.2) is 9.84 Å². The third-order valence-corrected chi connectivity index (χ3v) is 6.59. The normalized spacial score (nSPS) is 26.2. The predicted molar refractivity (Wildman–Crippen MR) is 88.9 cm³/mol. The second-order valence-corrected chi connectivity index (χ2v) is 8.51. The number of aliphatic hydroxyl groups is 2. The number of allylic oxidation sites excluding steroid dienone is 1. The van der Waals surface area contributed by atoms with Crippen molar-refractivity contribution in [2.75, 3.05) is 19.0 Å². The van der Waals surface area contributed by atoms with Gasteiger partial charge in [-0.3, -0.25) is 0 Å². The van der Waals surface area contributed by atoms with Crippen molar-refractivity contribution in [1.82, 2.24) is 0 Å². The maximum Gasteiger partial charge on any atom is 0.163 e. The first-order valence-electron chi connectivity index (χ1n) is 7.97. The van der Waals surface area contributed by atoms with Gasteiger partial charge in [0.1, 0.15) is 23.4 Å². The van der Waals surface area contributed by atoms with Crippen molar-refractivity contribution in [2.45, 2.75) is 37.7 Å². The van der Waals surface area contributed by atoms with Crippen LogP contribution < -0.4 is 0 Å². The molecule has 0 radical (unpaired) electrons. The number of ether oxygens (including phenoxy) is 1. The fraction of sp³-hybridized carbons (Fsp3) is 0.529. The average Bonchev–Trinajstić information content (AvgIpc) is 3.22. The Balaban J connectivity index is 1.66. The molecule has 6 nitrogen and oxygen atoms in total. The number of fused-ring (bicyclic) bond motifs is 1. The van der Waals surface area contributed by atoms with Crippen LogP contribution in [0.3, 0.4) is 0 Å². The molecule has 24 heavy (non-hydrogen) atoms. The number of furan rings is 1. The minimum absolute atomic E-state index is 0.0471. The van der Waals surface area contributed by atoms with E-state index in [9.17, 15) is 13.5 Å². The van der Waals surface area contributed by atoms with Crippen LogP contribution in [0, 0.1) is 0 Å². The predicted octanol–water partition coefficient (Wildman–Crippen LogP) is 1.44. The highest BCUT2D eigenvalue weighted by atomic mass is 32.2. The molecule has 3 heterocycles. The van der Waals surface area contributed by atoms with Crippen LogP contribution in [-0.2, 0) is 21.2 Å². The molecule has 2 N–H and O–H groups in total. The first kappa shape index (κ1) is 17.4. The third-order valence-electron chi connectivity index (χ3n) is 4.58. The zero-order valence-electron chi connectivity index (χ0n) is 13.6. The molecule has 1 aromatic heterocycles. The minimum atomic E-state index is -3.22. The Morgan fingerprint density at radius 1 is 1.33 bits per heavy atom. The number of hydrogen-bond acceptors (Lipinski definition) is 6. The fourth-order valence-electron chi connectivity index (χ4n) is 3.38. The van der Waals surface area contributed by atoms with Crippen LogP contribution in [0.15, 0.2) is 33.3 Å². The monoisotopic (exact) mass is 354 g/mol. The molecule has 1 aromatic rings.